The Balaban J connectivity index is 2.00. The van der Waals surface area contributed by atoms with Crippen LogP contribution < -0.4 is 4.18 Å². The van der Waals surface area contributed by atoms with Gasteiger partial charge in [-0.2, -0.15) is 25.6 Å². The quantitative estimate of drug-likeness (QED) is 0.322. The van der Waals surface area contributed by atoms with E-state index < -0.39 is 65.3 Å². The van der Waals surface area contributed by atoms with E-state index in [0.717, 1.165) is 12.8 Å². The topological polar surface area (TPSA) is 97.7 Å². The summed E-state index contributed by atoms with van der Waals surface area (Å²) in [6.07, 6.45) is 2.69. The lowest BCUT2D eigenvalue weighted by molar-refractivity contribution is 0.153. The first-order valence-electron chi connectivity index (χ1n) is 8.38. The Labute approximate surface area is 159 Å². The molecule has 2 aliphatic carbocycles. The molecule has 1 N–H and O–H groups in total. The highest BCUT2D eigenvalue weighted by Crippen LogP contribution is 2.66. The number of hydrogen-bond acceptors (Lipinski definition) is 5. The molecule has 1 aromatic carbocycles. The van der Waals surface area contributed by atoms with Gasteiger partial charge in [-0.1, -0.05) is 13.8 Å². The first kappa shape index (κ1) is 21.3. The van der Waals surface area contributed by atoms with E-state index in [0.29, 0.717) is 18.8 Å². The molecule has 0 spiro atoms. The molecule has 0 aliphatic heterocycles. The molecule has 6 nitrogen and oxygen atoms in total. The molecule has 0 radical (unpaired) electrons. The third kappa shape index (κ3) is 3.09. The van der Waals surface area contributed by atoms with Crippen molar-refractivity contribution in [1.82, 2.24) is 0 Å². The molecule has 158 valence electrons. The summed E-state index contributed by atoms with van der Waals surface area (Å²) in [5, 5.41) is 0. The Hall–Kier alpha value is -1.40. The first-order valence-corrected chi connectivity index (χ1v) is 11.4. The summed E-state index contributed by atoms with van der Waals surface area (Å²) in [6.45, 7) is 3.79. The van der Waals surface area contributed by atoms with Crippen molar-refractivity contribution in [2.75, 3.05) is 5.75 Å². The second-order valence-corrected chi connectivity index (χ2v) is 10.9. The zero-order valence-electron chi connectivity index (χ0n) is 14.9. The van der Waals surface area contributed by atoms with Crippen molar-refractivity contribution in [3.05, 3.63) is 23.3 Å². The van der Waals surface area contributed by atoms with Gasteiger partial charge < -0.3 is 4.18 Å². The Morgan fingerprint density at radius 1 is 0.964 bits per heavy atom. The second-order valence-electron chi connectivity index (χ2n) is 7.95. The van der Waals surface area contributed by atoms with Crippen molar-refractivity contribution < 1.29 is 43.1 Å². The van der Waals surface area contributed by atoms with E-state index in [9.17, 15) is 34.4 Å². The highest BCUT2D eigenvalue weighted by Gasteiger charge is 2.60. The maximum Gasteiger partial charge on any atom is 0.309 e. The average Bonchev–Trinajstić information content (AvgIpc) is 2.92. The normalized spacial score (nSPS) is 26.6. The zero-order valence-corrected chi connectivity index (χ0v) is 16.6. The molecule has 12 heteroatoms. The molecule has 2 aliphatic rings. The molecule has 0 saturated heterocycles. The Kier molecular flexibility index (Phi) is 4.79. The third-order valence-corrected chi connectivity index (χ3v) is 8.64. The van der Waals surface area contributed by atoms with Gasteiger partial charge in [0.2, 0.25) is 17.4 Å². The molecule has 0 atom stereocenters. The van der Waals surface area contributed by atoms with Crippen LogP contribution in [0.3, 0.4) is 0 Å². The van der Waals surface area contributed by atoms with Gasteiger partial charge in [0.25, 0.3) is 0 Å². The van der Waals surface area contributed by atoms with E-state index in [2.05, 4.69) is 4.18 Å². The lowest BCUT2D eigenvalue weighted by Gasteiger charge is -2.37. The predicted molar refractivity (Wildman–Crippen MR) is 88.7 cm³/mol. The first-order chi connectivity index (χ1) is 12.6. The van der Waals surface area contributed by atoms with Crippen molar-refractivity contribution in [1.29, 1.82) is 0 Å². The summed E-state index contributed by atoms with van der Waals surface area (Å²) >= 11 is 0. The van der Waals surface area contributed by atoms with Gasteiger partial charge in [-0.05, 0) is 42.4 Å². The van der Waals surface area contributed by atoms with Crippen LogP contribution in [0.4, 0.5) is 17.6 Å². The van der Waals surface area contributed by atoms with Gasteiger partial charge in [-0.15, -0.1) is 0 Å². The molecule has 0 aromatic heterocycles. The van der Waals surface area contributed by atoms with E-state index in [-0.39, 0.29) is 5.41 Å². The second kappa shape index (κ2) is 6.30. The number of rotatable bonds is 5. The van der Waals surface area contributed by atoms with Crippen LogP contribution in [0.5, 0.6) is 5.75 Å². The zero-order chi connectivity index (χ0) is 21.3. The highest BCUT2D eigenvalue weighted by atomic mass is 32.2. The van der Waals surface area contributed by atoms with Crippen LogP contribution in [0.1, 0.15) is 39.5 Å². The van der Waals surface area contributed by atoms with Crippen molar-refractivity contribution in [3.8, 4) is 5.75 Å². The van der Waals surface area contributed by atoms with Crippen molar-refractivity contribution in [2.24, 2.45) is 16.7 Å². The van der Waals surface area contributed by atoms with Gasteiger partial charge in [-0.3, -0.25) is 4.55 Å². The van der Waals surface area contributed by atoms with E-state index in [4.69, 9.17) is 4.55 Å². The SMILES string of the molecule is CC1(C)C2CCC1(CS(=O)(=O)Oc1c(F)c(F)c(S(=O)(=O)O)c(F)c1F)CC2. The molecule has 1 aromatic rings. The van der Waals surface area contributed by atoms with Gasteiger partial charge in [0.1, 0.15) is 0 Å². The summed E-state index contributed by atoms with van der Waals surface area (Å²) < 4.78 is 116. The molecule has 28 heavy (non-hydrogen) atoms. The Morgan fingerprint density at radius 3 is 1.79 bits per heavy atom. The average molecular weight is 446 g/mol. The molecule has 2 fully saturated rings. The number of benzene rings is 1. The molecular formula is C16H18F4O6S2. The van der Waals surface area contributed by atoms with E-state index >= 15 is 0 Å². The lowest BCUT2D eigenvalue weighted by atomic mass is 9.71. The monoisotopic (exact) mass is 446 g/mol. The third-order valence-electron chi connectivity index (χ3n) is 6.43. The van der Waals surface area contributed by atoms with Gasteiger partial charge in [0.15, 0.2) is 16.5 Å². The molecule has 2 bridgehead atoms. The van der Waals surface area contributed by atoms with Gasteiger partial charge in [0.05, 0.1) is 5.75 Å². The van der Waals surface area contributed by atoms with Crippen LogP contribution in [0.15, 0.2) is 4.90 Å². The lowest BCUT2D eigenvalue weighted by Crippen LogP contribution is -2.38. The number of fused-ring (bicyclic) bond motifs is 2. The minimum atomic E-state index is -5.65. The fraction of sp³-hybridized carbons (Fsp3) is 0.625. The van der Waals surface area contributed by atoms with E-state index in [1.54, 1.807) is 0 Å². The van der Waals surface area contributed by atoms with Crippen molar-refractivity contribution in [2.45, 2.75) is 44.4 Å². The fourth-order valence-corrected chi connectivity index (χ4v) is 7.11. The summed E-state index contributed by atoms with van der Waals surface area (Å²) in [5.41, 5.74) is -1.07. The molecular weight excluding hydrogens is 428 g/mol. The van der Waals surface area contributed by atoms with Crippen molar-refractivity contribution >= 4 is 20.2 Å². The highest BCUT2D eigenvalue weighted by molar-refractivity contribution is 7.87. The van der Waals surface area contributed by atoms with Crippen LogP contribution in [0, 0.1) is 40.0 Å². The Bertz CT molecular complexity index is 1010. The summed E-state index contributed by atoms with van der Waals surface area (Å²) in [5.74, 6) is -11.9. The smallest absolute Gasteiger partial charge is 0.309 e. The molecule has 3 rings (SSSR count). The van der Waals surface area contributed by atoms with Crippen LogP contribution >= 0.6 is 0 Å². The van der Waals surface area contributed by atoms with Crippen molar-refractivity contribution in [3.63, 3.8) is 0 Å². The number of hydrogen-bond donors (Lipinski definition) is 1. The largest absolute Gasteiger partial charge is 0.376 e. The van der Waals surface area contributed by atoms with Gasteiger partial charge in [-0.25, -0.2) is 8.78 Å². The molecule has 0 heterocycles. The molecule has 0 amide bonds. The minimum Gasteiger partial charge on any atom is -0.376 e. The molecule has 2 saturated carbocycles. The maximum atomic E-state index is 14.1. The number of halogens is 4. The Morgan fingerprint density at radius 2 is 1.43 bits per heavy atom. The maximum absolute atomic E-state index is 14.1. The van der Waals surface area contributed by atoms with Crippen LogP contribution in [-0.2, 0) is 20.2 Å². The van der Waals surface area contributed by atoms with E-state index in [1.165, 1.54) is 0 Å². The summed E-state index contributed by atoms with van der Waals surface area (Å²) in [7, 11) is -10.3. The van der Waals surface area contributed by atoms with E-state index in [1.807, 2.05) is 13.8 Å². The van der Waals surface area contributed by atoms with Crippen LogP contribution in [-0.4, -0.2) is 27.1 Å². The standard InChI is InChI=1S/C16H18F4O6S2/c1-15(2)8-3-5-16(15,6-4-8)7-27(21,22)26-13-9(17)11(19)14(28(23,24)25)12(20)10(13)18/h8H,3-7H2,1-2H3,(H,23,24,25). The summed E-state index contributed by atoms with van der Waals surface area (Å²) in [4.78, 5) is -2.26. The van der Waals surface area contributed by atoms with Gasteiger partial charge in [0, 0.05) is 0 Å². The minimum absolute atomic E-state index is 0.292. The molecule has 0 unspecified atom stereocenters. The predicted octanol–water partition coefficient (Wildman–Crippen LogP) is 3.41. The van der Waals surface area contributed by atoms with Crippen LogP contribution in [0.25, 0.3) is 0 Å². The van der Waals surface area contributed by atoms with Crippen LogP contribution in [0.2, 0.25) is 0 Å². The summed E-state index contributed by atoms with van der Waals surface area (Å²) in [6, 6.07) is 0. The fourth-order valence-electron chi connectivity index (χ4n) is 4.69. The van der Waals surface area contributed by atoms with Gasteiger partial charge >= 0.3 is 20.2 Å².